The number of nitrogens with one attached hydrogen (secondary N) is 2. The number of hydrogen-bond donors (Lipinski definition) is 2. The highest BCUT2D eigenvalue weighted by Gasteiger charge is 2.30. The summed E-state index contributed by atoms with van der Waals surface area (Å²) in [6.45, 7) is 1.99. The molecule has 2 heterocycles. The van der Waals surface area contributed by atoms with Crippen LogP contribution < -0.4 is 15.4 Å². The summed E-state index contributed by atoms with van der Waals surface area (Å²) in [5, 5.41) is 6.70. The number of piperidine rings is 1. The van der Waals surface area contributed by atoms with Crippen molar-refractivity contribution in [1.82, 2.24) is 10.3 Å². The van der Waals surface area contributed by atoms with Crippen molar-refractivity contribution < 1.29 is 22.7 Å². The predicted octanol–water partition coefficient (Wildman–Crippen LogP) is 4.08. The van der Waals surface area contributed by atoms with Gasteiger partial charge in [0, 0.05) is 17.5 Å². The van der Waals surface area contributed by atoms with Gasteiger partial charge in [-0.1, -0.05) is 12.1 Å². The van der Waals surface area contributed by atoms with Gasteiger partial charge in [0.2, 0.25) is 5.91 Å². The van der Waals surface area contributed by atoms with Gasteiger partial charge in [-0.05, 0) is 56.0 Å². The maximum Gasteiger partial charge on any atom is 0.573 e. The quantitative estimate of drug-likeness (QED) is 0.768. The smallest absolute Gasteiger partial charge is 0.406 e. The lowest BCUT2D eigenvalue weighted by Gasteiger charge is -2.20. The second kappa shape index (κ2) is 8.71. The van der Waals surface area contributed by atoms with Gasteiger partial charge in [-0.25, -0.2) is 4.98 Å². The molecule has 1 aromatic carbocycles. The van der Waals surface area contributed by atoms with E-state index in [4.69, 9.17) is 0 Å². The van der Waals surface area contributed by atoms with Crippen LogP contribution in [0.1, 0.15) is 35.6 Å². The topological polar surface area (TPSA) is 63.2 Å². The summed E-state index contributed by atoms with van der Waals surface area (Å²) in [7, 11) is 0. The van der Waals surface area contributed by atoms with Crippen molar-refractivity contribution in [3.8, 4) is 5.75 Å². The van der Waals surface area contributed by atoms with Crippen LogP contribution in [-0.2, 0) is 11.2 Å². The maximum atomic E-state index is 12.1. The lowest BCUT2D eigenvalue weighted by molar-refractivity contribution is -0.274. The van der Waals surface area contributed by atoms with E-state index in [-0.39, 0.29) is 18.1 Å². The second-order valence-corrected chi connectivity index (χ2v) is 7.39. The summed E-state index contributed by atoms with van der Waals surface area (Å²) in [6.07, 6.45) is -0.0859. The van der Waals surface area contributed by atoms with Crippen LogP contribution in [0.25, 0.3) is 0 Å². The Morgan fingerprint density at radius 1 is 1.26 bits per heavy atom. The third-order valence-corrected chi connectivity index (χ3v) is 5.38. The Morgan fingerprint density at radius 2 is 1.96 bits per heavy atom. The standard InChI is InChI=1S/C18H20F3N3O2S/c19-18(20,21)26-14-4-1-12(2-5-14)3-6-16(25)24-17-23-11-15(27-17)13-7-9-22-10-8-13/h1-2,4-5,11,13,22H,3,6-10H2,(H,23,24,25). The Bertz CT molecular complexity index is 756. The molecule has 1 amide bonds. The number of benzene rings is 1. The summed E-state index contributed by atoms with van der Waals surface area (Å²) in [4.78, 5) is 17.6. The summed E-state index contributed by atoms with van der Waals surface area (Å²) in [5.41, 5.74) is 0.759. The molecule has 3 rings (SSSR count). The van der Waals surface area contributed by atoms with Gasteiger partial charge >= 0.3 is 6.36 Å². The Kier molecular flexibility index (Phi) is 6.33. The highest BCUT2D eigenvalue weighted by molar-refractivity contribution is 7.15. The van der Waals surface area contributed by atoms with Gasteiger partial charge in [0.25, 0.3) is 0 Å². The molecule has 0 saturated carbocycles. The molecule has 0 radical (unpaired) electrons. The van der Waals surface area contributed by atoms with Crippen LogP contribution in [0.4, 0.5) is 18.3 Å². The van der Waals surface area contributed by atoms with Crippen molar-refractivity contribution in [2.75, 3.05) is 18.4 Å². The molecule has 27 heavy (non-hydrogen) atoms. The number of alkyl halides is 3. The van der Waals surface area contributed by atoms with Gasteiger partial charge < -0.3 is 15.4 Å². The molecule has 0 bridgehead atoms. The maximum absolute atomic E-state index is 12.1. The van der Waals surface area contributed by atoms with E-state index in [9.17, 15) is 18.0 Å². The molecular weight excluding hydrogens is 379 g/mol. The van der Waals surface area contributed by atoms with Gasteiger partial charge in [0.1, 0.15) is 5.75 Å². The number of aryl methyl sites for hydroxylation is 1. The Balaban J connectivity index is 1.46. The first-order valence-electron chi connectivity index (χ1n) is 8.70. The highest BCUT2D eigenvalue weighted by Crippen LogP contribution is 2.31. The van der Waals surface area contributed by atoms with Gasteiger partial charge in [0.15, 0.2) is 5.13 Å². The average Bonchev–Trinajstić information content (AvgIpc) is 3.09. The fourth-order valence-corrected chi connectivity index (χ4v) is 3.94. The number of rotatable bonds is 6. The van der Waals surface area contributed by atoms with E-state index in [0.29, 0.717) is 17.5 Å². The van der Waals surface area contributed by atoms with Crippen molar-refractivity contribution >= 4 is 22.4 Å². The zero-order valence-electron chi connectivity index (χ0n) is 14.5. The monoisotopic (exact) mass is 399 g/mol. The van der Waals surface area contributed by atoms with Gasteiger partial charge in [-0.15, -0.1) is 24.5 Å². The first-order chi connectivity index (χ1) is 12.9. The zero-order chi connectivity index (χ0) is 19.3. The molecule has 1 fully saturated rings. The average molecular weight is 399 g/mol. The molecule has 1 aliphatic rings. The van der Waals surface area contributed by atoms with Crippen LogP contribution in [0.3, 0.4) is 0 Å². The van der Waals surface area contributed by atoms with E-state index in [0.717, 1.165) is 31.5 Å². The van der Waals surface area contributed by atoms with Crippen LogP contribution in [0.2, 0.25) is 0 Å². The lowest BCUT2D eigenvalue weighted by Crippen LogP contribution is -2.26. The normalized spacial score (nSPS) is 15.5. The molecule has 1 aromatic heterocycles. The van der Waals surface area contributed by atoms with E-state index in [1.54, 1.807) is 0 Å². The van der Waals surface area contributed by atoms with Crippen molar-refractivity contribution in [2.45, 2.75) is 38.0 Å². The number of anilines is 1. The van der Waals surface area contributed by atoms with Crippen LogP contribution >= 0.6 is 11.3 Å². The first kappa shape index (κ1) is 19.6. The summed E-state index contributed by atoms with van der Waals surface area (Å²) >= 11 is 1.50. The van der Waals surface area contributed by atoms with E-state index in [1.165, 1.54) is 40.5 Å². The summed E-state index contributed by atoms with van der Waals surface area (Å²) in [6, 6.07) is 5.53. The van der Waals surface area contributed by atoms with Crippen LogP contribution in [0.5, 0.6) is 5.75 Å². The van der Waals surface area contributed by atoms with E-state index in [2.05, 4.69) is 20.4 Å². The predicted molar refractivity (Wildman–Crippen MR) is 97.0 cm³/mol. The molecule has 1 aliphatic heterocycles. The van der Waals surface area contributed by atoms with Crippen molar-refractivity contribution in [3.05, 3.63) is 40.9 Å². The van der Waals surface area contributed by atoms with Crippen LogP contribution in [0, 0.1) is 0 Å². The van der Waals surface area contributed by atoms with Crippen LogP contribution in [0.15, 0.2) is 30.5 Å². The molecule has 0 atom stereocenters. The zero-order valence-corrected chi connectivity index (χ0v) is 15.3. The number of amides is 1. The SMILES string of the molecule is O=C(CCc1ccc(OC(F)(F)F)cc1)Nc1ncc(C2CCNCC2)s1. The van der Waals surface area contributed by atoms with Crippen molar-refractivity contribution in [1.29, 1.82) is 0 Å². The van der Waals surface area contributed by atoms with E-state index < -0.39 is 6.36 Å². The van der Waals surface area contributed by atoms with Crippen LogP contribution in [-0.4, -0.2) is 30.3 Å². The number of carbonyl (C=O) groups excluding carboxylic acids is 1. The Morgan fingerprint density at radius 3 is 2.63 bits per heavy atom. The Labute approximate surface area is 158 Å². The molecule has 1 saturated heterocycles. The molecule has 0 unspecified atom stereocenters. The molecule has 9 heteroatoms. The highest BCUT2D eigenvalue weighted by atomic mass is 32.1. The molecule has 0 aliphatic carbocycles. The minimum absolute atomic E-state index is 0.170. The van der Waals surface area contributed by atoms with Gasteiger partial charge in [-0.3, -0.25) is 4.79 Å². The number of carbonyl (C=O) groups is 1. The van der Waals surface area contributed by atoms with Crippen molar-refractivity contribution in [2.24, 2.45) is 0 Å². The molecular formula is C18H20F3N3O2S. The molecule has 5 nitrogen and oxygen atoms in total. The van der Waals surface area contributed by atoms with E-state index >= 15 is 0 Å². The minimum Gasteiger partial charge on any atom is -0.406 e. The molecule has 2 aromatic rings. The van der Waals surface area contributed by atoms with Gasteiger partial charge in [0.05, 0.1) is 0 Å². The first-order valence-corrected chi connectivity index (χ1v) is 9.52. The Hall–Kier alpha value is -2.13. The fourth-order valence-electron chi connectivity index (χ4n) is 2.94. The number of ether oxygens (including phenoxy) is 1. The molecule has 146 valence electrons. The number of aromatic nitrogens is 1. The second-order valence-electron chi connectivity index (χ2n) is 6.33. The molecule has 2 N–H and O–H groups in total. The van der Waals surface area contributed by atoms with E-state index in [1.807, 2.05) is 6.20 Å². The lowest BCUT2D eigenvalue weighted by atomic mass is 9.97. The number of hydrogen-bond acceptors (Lipinski definition) is 5. The fraction of sp³-hybridized carbons (Fsp3) is 0.444. The summed E-state index contributed by atoms with van der Waals surface area (Å²) < 4.78 is 40.2. The van der Waals surface area contributed by atoms with Gasteiger partial charge in [-0.2, -0.15) is 0 Å². The van der Waals surface area contributed by atoms with Crippen molar-refractivity contribution in [3.63, 3.8) is 0 Å². The molecule has 0 spiro atoms. The number of thiazole rings is 1. The largest absolute Gasteiger partial charge is 0.573 e. The third-order valence-electron chi connectivity index (χ3n) is 4.31. The summed E-state index contributed by atoms with van der Waals surface area (Å²) in [5.74, 6) is 0.0487. The third kappa shape index (κ3) is 6.21. The number of halogens is 3. The minimum atomic E-state index is -4.71. The number of nitrogens with zero attached hydrogens (tertiary/aromatic N) is 1.